The highest BCUT2D eigenvalue weighted by Crippen LogP contribution is 2.22. The van der Waals surface area contributed by atoms with Gasteiger partial charge in [-0.05, 0) is 56.7 Å². The molecule has 0 radical (unpaired) electrons. The minimum atomic E-state index is -0.147. The predicted molar refractivity (Wildman–Crippen MR) is 109 cm³/mol. The van der Waals surface area contributed by atoms with Gasteiger partial charge in [-0.25, -0.2) is 0 Å². The van der Waals surface area contributed by atoms with Gasteiger partial charge in [0, 0.05) is 24.5 Å². The normalized spacial score (nSPS) is 10.4. The zero-order valence-electron chi connectivity index (χ0n) is 16.1. The van der Waals surface area contributed by atoms with Crippen LogP contribution in [0.3, 0.4) is 0 Å². The molecule has 0 unspecified atom stereocenters. The summed E-state index contributed by atoms with van der Waals surface area (Å²) in [5.74, 6) is 0.493. The SMILES string of the molecule is CCCCCOc1ccccc1C(=O)Nc1ccc(N(CC)CC)cc1. The van der Waals surface area contributed by atoms with Gasteiger partial charge in [0.15, 0.2) is 0 Å². The van der Waals surface area contributed by atoms with E-state index < -0.39 is 0 Å². The molecule has 0 bridgehead atoms. The van der Waals surface area contributed by atoms with Crippen LogP contribution < -0.4 is 15.0 Å². The molecule has 4 heteroatoms. The molecule has 0 atom stereocenters. The average molecular weight is 354 g/mol. The fourth-order valence-corrected chi connectivity index (χ4v) is 2.86. The van der Waals surface area contributed by atoms with E-state index in [-0.39, 0.29) is 5.91 Å². The van der Waals surface area contributed by atoms with Crippen molar-refractivity contribution in [3.05, 3.63) is 54.1 Å². The number of nitrogens with one attached hydrogen (secondary N) is 1. The maximum absolute atomic E-state index is 12.7. The van der Waals surface area contributed by atoms with Crippen LogP contribution in [0.15, 0.2) is 48.5 Å². The molecular weight excluding hydrogens is 324 g/mol. The van der Waals surface area contributed by atoms with E-state index in [1.807, 2.05) is 42.5 Å². The zero-order chi connectivity index (χ0) is 18.8. The number of hydrogen-bond acceptors (Lipinski definition) is 3. The van der Waals surface area contributed by atoms with Crippen molar-refractivity contribution >= 4 is 17.3 Å². The lowest BCUT2D eigenvalue weighted by Crippen LogP contribution is -2.21. The topological polar surface area (TPSA) is 41.6 Å². The number of ether oxygens (including phenoxy) is 1. The Hall–Kier alpha value is -2.49. The highest BCUT2D eigenvalue weighted by molar-refractivity contribution is 6.06. The monoisotopic (exact) mass is 354 g/mol. The Labute approximate surface area is 157 Å². The number of para-hydroxylation sites is 1. The third-order valence-electron chi connectivity index (χ3n) is 4.39. The van der Waals surface area contributed by atoms with Crippen molar-refractivity contribution in [2.24, 2.45) is 0 Å². The quantitative estimate of drug-likeness (QED) is 0.584. The summed E-state index contributed by atoms with van der Waals surface area (Å²) in [5, 5.41) is 2.96. The van der Waals surface area contributed by atoms with Gasteiger partial charge < -0.3 is 15.0 Å². The Morgan fingerprint density at radius 3 is 2.31 bits per heavy atom. The fourth-order valence-electron chi connectivity index (χ4n) is 2.86. The van der Waals surface area contributed by atoms with Gasteiger partial charge in [0.2, 0.25) is 0 Å². The first-order valence-corrected chi connectivity index (χ1v) is 9.57. The second-order valence-corrected chi connectivity index (χ2v) is 6.23. The van der Waals surface area contributed by atoms with Crippen LogP contribution in [0.1, 0.15) is 50.4 Å². The standard InChI is InChI=1S/C22H30N2O2/c1-4-7-10-17-26-21-12-9-8-11-20(21)22(25)23-18-13-15-19(16-14-18)24(5-2)6-3/h8-9,11-16H,4-7,10,17H2,1-3H3,(H,23,25). The van der Waals surface area contributed by atoms with Crippen LogP contribution in [0.4, 0.5) is 11.4 Å². The minimum Gasteiger partial charge on any atom is -0.493 e. The summed E-state index contributed by atoms with van der Waals surface area (Å²) < 4.78 is 5.81. The van der Waals surface area contributed by atoms with Crippen molar-refractivity contribution in [1.29, 1.82) is 0 Å². The number of carbonyl (C=O) groups excluding carboxylic acids is 1. The van der Waals surface area contributed by atoms with E-state index in [9.17, 15) is 4.79 Å². The Morgan fingerprint density at radius 1 is 0.962 bits per heavy atom. The lowest BCUT2D eigenvalue weighted by molar-refractivity contribution is 0.102. The van der Waals surface area contributed by atoms with E-state index in [4.69, 9.17) is 4.74 Å². The molecule has 0 aliphatic rings. The first-order valence-electron chi connectivity index (χ1n) is 9.57. The van der Waals surface area contributed by atoms with Gasteiger partial charge >= 0.3 is 0 Å². The smallest absolute Gasteiger partial charge is 0.259 e. The zero-order valence-corrected chi connectivity index (χ0v) is 16.1. The molecule has 0 saturated heterocycles. The molecule has 26 heavy (non-hydrogen) atoms. The second kappa shape index (κ2) is 10.5. The molecule has 0 fully saturated rings. The van der Waals surface area contributed by atoms with Crippen molar-refractivity contribution < 1.29 is 9.53 Å². The molecule has 0 saturated carbocycles. The van der Waals surface area contributed by atoms with Gasteiger partial charge in [-0.2, -0.15) is 0 Å². The van der Waals surface area contributed by atoms with Gasteiger partial charge in [0.05, 0.1) is 12.2 Å². The first kappa shape index (κ1) is 19.8. The summed E-state index contributed by atoms with van der Waals surface area (Å²) in [7, 11) is 0. The van der Waals surface area contributed by atoms with Crippen LogP contribution in [-0.4, -0.2) is 25.6 Å². The molecule has 0 aliphatic heterocycles. The third kappa shape index (κ3) is 5.51. The van der Waals surface area contributed by atoms with Crippen molar-refractivity contribution in [3.8, 4) is 5.75 Å². The molecule has 140 valence electrons. The number of rotatable bonds is 10. The number of amides is 1. The summed E-state index contributed by atoms with van der Waals surface area (Å²) in [6.07, 6.45) is 3.28. The Morgan fingerprint density at radius 2 is 1.65 bits per heavy atom. The molecule has 1 amide bonds. The molecule has 2 aromatic rings. The van der Waals surface area contributed by atoms with Gasteiger partial charge in [-0.3, -0.25) is 4.79 Å². The highest BCUT2D eigenvalue weighted by Gasteiger charge is 2.12. The summed E-state index contributed by atoms with van der Waals surface area (Å²) >= 11 is 0. The first-order chi connectivity index (χ1) is 12.7. The van der Waals surface area contributed by atoms with E-state index in [0.717, 1.165) is 43.7 Å². The van der Waals surface area contributed by atoms with Crippen molar-refractivity contribution in [1.82, 2.24) is 0 Å². The number of hydrogen-bond donors (Lipinski definition) is 1. The van der Waals surface area contributed by atoms with Gasteiger partial charge in [0.1, 0.15) is 5.75 Å². The maximum atomic E-state index is 12.7. The van der Waals surface area contributed by atoms with Crippen molar-refractivity contribution in [3.63, 3.8) is 0 Å². The molecule has 0 spiro atoms. The molecule has 0 heterocycles. The fraction of sp³-hybridized carbons (Fsp3) is 0.409. The van der Waals surface area contributed by atoms with Crippen LogP contribution >= 0.6 is 0 Å². The van der Waals surface area contributed by atoms with Crippen LogP contribution in [0.2, 0.25) is 0 Å². The summed E-state index contributed by atoms with van der Waals surface area (Å²) in [6, 6.07) is 15.4. The Kier molecular flexibility index (Phi) is 8.00. The van der Waals surface area contributed by atoms with Gasteiger partial charge in [-0.1, -0.05) is 31.9 Å². The van der Waals surface area contributed by atoms with E-state index in [1.165, 1.54) is 0 Å². The lowest BCUT2D eigenvalue weighted by Gasteiger charge is -2.21. The number of anilines is 2. The van der Waals surface area contributed by atoms with E-state index in [1.54, 1.807) is 6.07 Å². The molecule has 2 rings (SSSR count). The van der Waals surface area contributed by atoms with Crippen LogP contribution in [0, 0.1) is 0 Å². The Balaban J connectivity index is 2.03. The summed E-state index contributed by atoms with van der Waals surface area (Å²) in [4.78, 5) is 14.9. The number of nitrogens with zero attached hydrogens (tertiary/aromatic N) is 1. The maximum Gasteiger partial charge on any atom is 0.259 e. The largest absolute Gasteiger partial charge is 0.493 e. The predicted octanol–water partition coefficient (Wildman–Crippen LogP) is 5.35. The molecule has 0 aromatic heterocycles. The lowest BCUT2D eigenvalue weighted by atomic mass is 10.1. The second-order valence-electron chi connectivity index (χ2n) is 6.23. The van der Waals surface area contributed by atoms with Gasteiger partial charge in [-0.15, -0.1) is 0 Å². The number of unbranched alkanes of at least 4 members (excludes halogenated alkanes) is 2. The highest BCUT2D eigenvalue weighted by atomic mass is 16.5. The van der Waals surface area contributed by atoms with Crippen LogP contribution in [0.25, 0.3) is 0 Å². The van der Waals surface area contributed by atoms with Crippen molar-refractivity contribution in [2.45, 2.75) is 40.0 Å². The number of benzene rings is 2. The van der Waals surface area contributed by atoms with Gasteiger partial charge in [0.25, 0.3) is 5.91 Å². The molecule has 4 nitrogen and oxygen atoms in total. The van der Waals surface area contributed by atoms with Crippen LogP contribution in [-0.2, 0) is 0 Å². The molecule has 2 aromatic carbocycles. The molecular formula is C22H30N2O2. The number of carbonyl (C=O) groups is 1. The van der Waals surface area contributed by atoms with Crippen molar-refractivity contribution in [2.75, 3.05) is 29.9 Å². The van der Waals surface area contributed by atoms with E-state index >= 15 is 0 Å². The van der Waals surface area contributed by atoms with Crippen LogP contribution in [0.5, 0.6) is 5.75 Å². The molecule has 1 N–H and O–H groups in total. The summed E-state index contributed by atoms with van der Waals surface area (Å²) in [6.45, 7) is 8.99. The Bertz CT molecular complexity index is 679. The average Bonchev–Trinajstić information content (AvgIpc) is 2.68. The summed E-state index contributed by atoms with van der Waals surface area (Å²) in [5.41, 5.74) is 2.51. The third-order valence-corrected chi connectivity index (χ3v) is 4.39. The van der Waals surface area contributed by atoms with E-state index in [0.29, 0.717) is 17.9 Å². The van der Waals surface area contributed by atoms with E-state index in [2.05, 4.69) is 31.0 Å². The molecule has 0 aliphatic carbocycles. The minimum absolute atomic E-state index is 0.147.